The van der Waals surface area contributed by atoms with E-state index in [1.54, 1.807) is 12.1 Å². The van der Waals surface area contributed by atoms with Gasteiger partial charge in [-0.05, 0) is 45.0 Å². The Morgan fingerprint density at radius 3 is 2.67 bits per heavy atom. The monoisotopic (exact) mass is 311 g/mol. The molecule has 1 aromatic carbocycles. The van der Waals surface area contributed by atoms with Crippen LogP contribution in [0.4, 0.5) is 5.69 Å². The molecule has 3 N–H and O–H groups in total. The number of aliphatic hydroxyl groups excluding tert-OH is 1. The molecule has 0 spiro atoms. The number of hydrogen-bond donors (Lipinski definition) is 3. The molecule has 0 aliphatic rings. The molecule has 0 aromatic heterocycles. The van der Waals surface area contributed by atoms with Gasteiger partial charge in [0.25, 0.3) is 5.69 Å². The van der Waals surface area contributed by atoms with Crippen LogP contribution in [0.25, 0.3) is 0 Å². The average Bonchev–Trinajstić information content (AvgIpc) is 2.36. The van der Waals surface area contributed by atoms with Gasteiger partial charge in [0.2, 0.25) is 0 Å². The van der Waals surface area contributed by atoms with E-state index in [9.17, 15) is 15.2 Å². The molecule has 0 saturated heterocycles. The van der Waals surface area contributed by atoms with Crippen molar-refractivity contribution in [3.05, 3.63) is 39.9 Å². The average molecular weight is 311 g/mol. The van der Waals surface area contributed by atoms with E-state index < -0.39 is 4.92 Å². The minimum atomic E-state index is -0.434. The third-order valence-electron chi connectivity index (χ3n) is 2.65. The van der Waals surface area contributed by atoms with Crippen LogP contribution in [0.15, 0.2) is 24.3 Å². The van der Waals surface area contributed by atoms with E-state index >= 15 is 0 Å². The Morgan fingerprint density at radius 1 is 1.48 bits per heavy atom. The van der Waals surface area contributed by atoms with Crippen molar-refractivity contribution in [1.82, 2.24) is 10.6 Å². The summed E-state index contributed by atoms with van der Waals surface area (Å²) in [6.07, 6.45) is 0.449. The maximum absolute atomic E-state index is 10.8. The zero-order chi connectivity index (χ0) is 16.0. The van der Waals surface area contributed by atoms with E-state index in [-0.39, 0.29) is 23.9 Å². The molecule has 1 atom stereocenters. The number of non-ortho nitro benzene ring substituents is 1. The first kappa shape index (κ1) is 17.3. The molecule has 0 bridgehead atoms. The largest absolute Gasteiger partial charge is 0.394 e. The van der Waals surface area contributed by atoms with Crippen molar-refractivity contribution in [2.24, 2.45) is 0 Å². The van der Waals surface area contributed by atoms with Gasteiger partial charge < -0.3 is 15.7 Å². The summed E-state index contributed by atoms with van der Waals surface area (Å²) in [6, 6.07) is 6.07. The number of thiocarbonyl (C=S) groups is 1. The van der Waals surface area contributed by atoms with Crippen molar-refractivity contribution in [2.45, 2.75) is 38.8 Å². The molecule has 0 aliphatic heterocycles. The predicted molar refractivity (Wildman–Crippen MR) is 86.3 cm³/mol. The van der Waals surface area contributed by atoms with Gasteiger partial charge in [-0.25, -0.2) is 0 Å². The molecular formula is C14H21N3O3S. The highest BCUT2D eigenvalue weighted by Gasteiger charge is 2.15. The number of hydrogen-bond acceptors (Lipinski definition) is 4. The molecule has 0 radical (unpaired) electrons. The van der Waals surface area contributed by atoms with Crippen LogP contribution >= 0.6 is 12.2 Å². The zero-order valence-corrected chi connectivity index (χ0v) is 13.2. The minimum Gasteiger partial charge on any atom is -0.394 e. The fourth-order valence-electron chi connectivity index (χ4n) is 1.80. The molecule has 116 valence electrons. The number of benzene rings is 1. The Hall–Kier alpha value is -1.73. The third-order valence-corrected chi connectivity index (χ3v) is 2.87. The van der Waals surface area contributed by atoms with Gasteiger partial charge in [-0.1, -0.05) is 12.1 Å². The quantitative estimate of drug-likeness (QED) is 0.436. The Kier molecular flexibility index (Phi) is 6.04. The second-order valence-electron chi connectivity index (χ2n) is 5.86. The van der Waals surface area contributed by atoms with Crippen LogP contribution in [0.1, 0.15) is 26.3 Å². The third kappa shape index (κ3) is 6.50. The van der Waals surface area contributed by atoms with E-state index in [0.717, 1.165) is 5.56 Å². The van der Waals surface area contributed by atoms with E-state index in [4.69, 9.17) is 12.2 Å². The topological polar surface area (TPSA) is 87.4 Å². The molecule has 1 unspecified atom stereocenters. The second kappa shape index (κ2) is 7.33. The highest BCUT2D eigenvalue weighted by Crippen LogP contribution is 2.14. The number of nitro benzene ring substituents is 1. The SMILES string of the molecule is CC(C)(C)NC(=S)NC(CO)Cc1cccc([N+](=O)[O-])c1. The van der Waals surface area contributed by atoms with E-state index in [1.807, 2.05) is 20.8 Å². The first-order valence-corrected chi connectivity index (χ1v) is 7.05. The lowest BCUT2D eigenvalue weighted by Crippen LogP contribution is -2.50. The second-order valence-corrected chi connectivity index (χ2v) is 6.27. The normalized spacial score (nSPS) is 12.6. The molecule has 0 aliphatic carbocycles. The summed E-state index contributed by atoms with van der Waals surface area (Å²) in [5.74, 6) is 0. The van der Waals surface area contributed by atoms with Gasteiger partial charge in [-0.3, -0.25) is 10.1 Å². The standard InChI is InChI=1S/C14H21N3O3S/c1-14(2,3)16-13(21)15-11(9-18)7-10-5-4-6-12(8-10)17(19)20/h4-6,8,11,18H,7,9H2,1-3H3,(H2,15,16,21). The number of nitrogens with one attached hydrogen (secondary N) is 2. The summed E-state index contributed by atoms with van der Waals surface area (Å²) < 4.78 is 0. The van der Waals surface area contributed by atoms with Crippen LogP contribution in [0.5, 0.6) is 0 Å². The molecule has 21 heavy (non-hydrogen) atoms. The molecule has 0 fully saturated rings. The number of rotatable bonds is 5. The van der Waals surface area contributed by atoms with E-state index in [0.29, 0.717) is 11.5 Å². The van der Waals surface area contributed by atoms with Gasteiger partial charge >= 0.3 is 0 Å². The lowest BCUT2D eigenvalue weighted by atomic mass is 10.1. The van der Waals surface area contributed by atoms with Crippen LogP contribution in [-0.4, -0.2) is 33.3 Å². The maximum atomic E-state index is 10.8. The van der Waals surface area contributed by atoms with Gasteiger partial charge in [0.15, 0.2) is 5.11 Å². The fraction of sp³-hybridized carbons (Fsp3) is 0.500. The van der Waals surface area contributed by atoms with E-state index in [1.165, 1.54) is 12.1 Å². The summed E-state index contributed by atoms with van der Waals surface area (Å²) >= 11 is 5.19. The number of nitrogens with zero attached hydrogens (tertiary/aromatic N) is 1. The lowest BCUT2D eigenvalue weighted by molar-refractivity contribution is -0.384. The zero-order valence-electron chi connectivity index (χ0n) is 12.4. The molecule has 6 nitrogen and oxygen atoms in total. The highest BCUT2D eigenvalue weighted by molar-refractivity contribution is 7.80. The van der Waals surface area contributed by atoms with Crippen LogP contribution in [0.3, 0.4) is 0 Å². The molecule has 7 heteroatoms. The van der Waals surface area contributed by atoms with Crippen LogP contribution in [0, 0.1) is 10.1 Å². The lowest BCUT2D eigenvalue weighted by Gasteiger charge is -2.26. The smallest absolute Gasteiger partial charge is 0.269 e. The number of aliphatic hydroxyl groups is 1. The van der Waals surface area contributed by atoms with Crippen molar-refractivity contribution in [3.63, 3.8) is 0 Å². The van der Waals surface area contributed by atoms with Crippen LogP contribution in [0.2, 0.25) is 0 Å². The van der Waals surface area contributed by atoms with Gasteiger partial charge in [0, 0.05) is 17.7 Å². The van der Waals surface area contributed by atoms with Crippen molar-refractivity contribution in [1.29, 1.82) is 0 Å². The minimum absolute atomic E-state index is 0.0413. The molecule has 0 heterocycles. The number of nitro groups is 1. The fourth-order valence-corrected chi connectivity index (χ4v) is 2.28. The Bertz CT molecular complexity index is 514. The first-order chi connectivity index (χ1) is 9.71. The highest BCUT2D eigenvalue weighted by atomic mass is 32.1. The van der Waals surface area contributed by atoms with E-state index in [2.05, 4.69) is 10.6 Å². The predicted octanol–water partition coefficient (Wildman–Crippen LogP) is 1.76. The van der Waals surface area contributed by atoms with Crippen molar-refractivity contribution in [2.75, 3.05) is 6.61 Å². The Morgan fingerprint density at radius 2 is 2.14 bits per heavy atom. The summed E-state index contributed by atoms with van der Waals surface area (Å²) in [5, 5.41) is 26.8. The Balaban J connectivity index is 2.68. The molecule has 1 rings (SSSR count). The molecule has 0 saturated carbocycles. The Labute approximate surface area is 129 Å². The van der Waals surface area contributed by atoms with Crippen LogP contribution < -0.4 is 10.6 Å². The maximum Gasteiger partial charge on any atom is 0.269 e. The summed E-state index contributed by atoms with van der Waals surface area (Å²) in [6.45, 7) is 5.83. The van der Waals surface area contributed by atoms with Crippen LogP contribution in [-0.2, 0) is 6.42 Å². The molecule has 1 aromatic rings. The van der Waals surface area contributed by atoms with Gasteiger partial charge in [-0.2, -0.15) is 0 Å². The molecule has 0 amide bonds. The first-order valence-electron chi connectivity index (χ1n) is 6.64. The summed E-state index contributed by atoms with van der Waals surface area (Å²) in [4.78, 5) is 10.3. The van der Waals surface area contributed by atoms with Gasteiger partial charge in [-0.15, -0.1) is 0 Å². The van der Waals surface area contributed by atoms with Crippen molar-refractivity contribution < 1.29 is 10.0 Å². The van der Waals surface area contributed by atoms with Gasteiger partial charge in [0.05, 0.1) is 17.6 Å². The summed E-state index contributed by atoms with van der Waals surface area (Å²) in [5.41, 5.74) is 0.643. The van der Waals surface area contributed by atoms with Crippen molar-refractivity contribution >= 4 is 23.0 Å². The summed E-state index contributed by atoms with van der Waals surface area (Å²) in [7, 11) is 0. The van der Waals surface area contributed by atoms with Gasteiger partial charge in [0.1, 0.15) is 0 Å². The van der Waals surface area contributed by atoms with Crippen molar-refractivity contribution in [3.8, 4) is 0 Å². The molecular weight excluding hydrogens is 290 g/mol.